The van der Waals surface area contributed by atoms with Gasteiger partial charge in [0.15, 0.2) is 5.16 Å². The summed E-state index contributed by atoms with van der Waals surface area (Å²) in [5.74, 6) is 0.641. The summed E-state index contributed by atoms with van der Waals surface area (Å²) in [5.41, 5.74) is 0. The molecule has 3 rings (SSSR count). The molecule has 1 aliphatic carbocycles. The summed E-state index contributed by atoms with van der Waals surface area (Å²) < 4.78 is 3.13. The highest BCUT2D eigenvalue weighted by Gasteiger charge is 2.30. The number of halogens is 1. The van der Waals surface area contributed by atoms with Gasteiger partial charge in [-0.1, -0.05) is 11.8 Å². The van der Waals surface area contributed by atoms with Gasteiger partial charge >= 0.3 is 5.97 Å². The van der Waals surface area contributed by atoms with Crippen LogP contribution in [0.15, 0.2) is 21.1 Å². The molecule has 0 unspecified atom stereocenters. The second-order valence-electron chi connectivity index (χ2n) is 4.58. The van der Waals surface area contributed by atoms with E-state index in [2.05, 4.69) is 30.7 Å². The summed E-state index contributed by atoms with van der Waals surface area (Å²) in [7, 11) is 0. The average Bonchev–Trinajstić information content (AvgIpc) is 3.06. The Morgan fingerprint density at radius 1 is 1.55 bits per heavy atom. The minimum Gasteiger partial charge on any atom is -0.481 e. The van der Waals surface area contributed by atoms with E-state index in [4.69, 9.17) is 5.11 Å². The fraction of sp³-hybridized carbons (Fsp3) is 0.417. The summed E-state index contributed by atoms with van der Waals surface area (Å²) in [5, 5.41) is 19.9. The molecule has 0 aromatic carbocycles. The van der Waals surface area contributed by atoms with Crippen molar-refractivity contribution >= 4 is 45.0 Å². The molecule has 0 saturated heterocycles. The fourth-order valence-corrected chi connectivity index (χ4v) is 4.04. The highest BCUT2D eigenvalue weighted by Crippen LogP contribution is 2.40. The monoisotopic (exact) mass is 373 g/mol. The predicted octanol–water partition coefficient (Wildman–Crippen LogP) is 3.20. The normalized spacial score (nSPS) is 14.7. The zero-order chi connectivity index (χ0) is 14.1. The molecule has 0 bridgehead atoms. The van der Waals surface area contributed by atoms with Crippen molar-refractivity contribution in [3.05, 3.63) is 26.6 Å². The largest absolute Gasteiger partial charge is 0.481 e. The van der Waals surface area contributed by atoms with Crippen LogP contribution in [0.1, 0.15) is 29.5 Å². The predicted molar refractivity (Wildman–Crippen MR) is 81.5 cm³/mol. The highest BCUT2D eigenvalue weighted by molar-refractivity contribution is 9.10. The van der Waals surface area contributed by atoms with Crippen LogP contribution in [0.2, 0.25) is 0 Å². The molecule has 106 valence electrons. The Bertz CT molecular complexity index is 636. The van der Waals surface area contributed by atoms with Crippen molar-refractivity contribution in [3.8, 4) is 0 Å². The van der Waals surface area contributed by atoms with Gasteiger partial charge in [0.2, 0.25) is 0 Å². The van der Waals surface area contributed by atoms with E-state index in [9.17, 15) is 4.79 Å². The zero-order valence-corrected chi connectivity index (χ0v) is 13.7. The molecule has 20 heavy (non-hydrogen) atoms. The third kappa shape index (κ3) is 3.07. The number of aromatic nitrogens is 3. The summed E-state index contributed by atoms with van der Waals surface area (Å²) in [6.07, 6.45) is 2.29. The average molecular weight is 374 g/mol. The molecular weight excluding hydrogens is 362 g/mol. The third-order valence-electron chi connectivity index (χ3n) is 3.01. The van der Waals surface area contributed by atoms with Crippen LogP contribution in [0.5, 0.6) is 0 Å². The van der Waals surface area contributed by atoms with E-state index in [-0.39, 0.29) is 5.75 Å². The van der Waals surface area contributed by atoms with Gasteiger partial charge in [-0.15, -0.1) is 21.5 Å². The lowest BCUT2D eigenvalue weighted by Crippen LogP contribution is -2.07. The first-order chi connectivity index (χ1) is 9.65. The molecular formula is C12H12BrN3O2S2. The Labute approximate surface area is 132 Å². The van der Waals surface area contributed by atoms with Gasteiger partial charge in [0.25, 0.3) is 0 Å². The van der Waals surface area contributed by atoms with Gasteiger partial charge < -0.3 is 9.67 Å². The first-order valence-corrected chi connectivity index (χ1v) is 8.80. The molecule has 1 aliphatic rings. The Kier molecular flexibility index (Phi) is 4.13. The molecule has 0 aliphatic heterocycles. The molecule has 8 heteroatoms. The maximum absolute atomic E-state index is 10.7. The Hall–Kier alpha value is -0.860. The number of hydrogen-bond acceptors (Lipinski definition) is 5. The van der Waals surface area contributed by atoms with Gasteiger partial charge in [0.05, 0.1) is 12.3 Å². The molecule has 1 N–H and O–H groups in total. The van der Waals surface area contributed by atoms with Gasteiger partial charge in [-0.3, -0.25) is 4.79 Å². The van der Waals surface area contributed by atoms with Crippen LogP contribution in [-0.2, 0) is 11.3 Å². The smallest absolute Gasteiger partial charge is 0.313 e. The number of carboxylic acids is 1. The Morgan fingerprint density at radius 2 is 2.35 bits per heavy atom. The zero-order valence-electron chi connectivity index (χ0n) is 10.5. The summed E-state index contributed by atoms with van der Waals surface area (Å²) >= 11 is 6.43. The number of hydrogen-bond donors (Lipinski definition) is 1. The lowest BCUT2D eigenvalue weighted by Gasteiger charge is -2.08. The molecule has 0 radical (unpaired) electrons. The number of thioether (sulfide) groups is 1. The van der Waals surface area contributed by atoms with Crippen molar-refractivity contribution in [3.63, 3.8) is 0 Å². The Balaban J connectivity index is 1.87. The van der Waals surface area contributed by atoms with Gasteiger partial charge in [0.1, 0.15) is 5.82 Å². The molecule has 0 amide bonds. The van der Waals surface area contributed by atoms with E-state index in [0.717, 1.165) is 23.1 Å². The number of nitrogens with zero attached hydrogens (tertiary/aromatic N) is 3. The van der Waals surface area contributed by atoms with E-state index in [1.807, 2.05) is 11.4 Å². The molecule has 0 atom stereocenters. The summed E-state index contributed by atoms with van der Waals surface area (Å²) in [6, 6.07) is 2.02. The number of aliphatic carboxylic acids is 1. The van der Waals surface area contributed by atoms with E-state index in [1.54, 1.807) is 11.3 Å². The quantitative estimate of drug-likeness (QED) is 0.787. The maximum atomic E-state index is 10.7. The van der Waals surface area contributed by atoms with Crippen molar-refractivity contribution < 1.29 is 9.90 Å². The first kappa shape index (κ1) is 14.1. The minimum atomic E-state index is -0.838. The number of carboxylic acid groups (broad SMARTS) is 1. The lowest BCUT2D eigenvalue weighted by molar-refractivity contribution is -0.133. The maximum Gasteiger partial charge on any atom is 0.313 e. The van der Waals surface area contributed by atoms with Crippen LogP contribution in [0.25, 0.3) is 0 Å². The fourth-order valence-electron chi connectivity index (χ4n) is 1.91. The van der Waals surface area contributed by atoms with Crippen molar-refractivity contribution in [1.29, 1.82) is 0 Å². The number of rotatable bonds is 6. The van der Waals surface area contributed by atoms with Crippen LogP contribution in [0.3, 0.4) is 0 Å². The third-order valence-corrected chi connectivity index (χ3v) is 5.87. The number of carbonyl (C=O) groups is 1. The molecule has 5 nitrogen and oxygen atoms in total. The highest BCUT2D eigenvalue weighted by atomic mass is 79.9. The second-order valence-corrected chi connectivity index (χ2v) is 7.37. The minimum absolute atomic E-state index is 0.00834. The summed E-state index contributed by atoms with van der Waals surface area (Å²) in [6.45, 7) is 0.693. The van der Waals surface area contributed by atoms with Crippen LogP contribution in [-0.4, -0.2) is 31.6 Å². The van der Waals surface area contributed by atoms with Crippen LogP contribution < -0.4 is 0 Å². The molecule has 2 aromatic rings. The molecule has 2 aromatic heterocycles. The molecule has 1 saturated carbocycles. The van der Waals surface area contributed by atoms with Crippen molar-refractivity contribution in [1.82, 2.24) is 14.8 Å². The van der Waals surface area contributed by atoms with Gasteiger partial charge in [-0.05, 0) is 40.2 Å². The first-order valence-electron chi connectivity index (χ1n) is 6.14. The second kappa shape index (κ2) is 5.87. The molecule has 1 fully saturated rings. The van der Waals surface area contributed by atoms with E-state index in [1.165, 1.54) is 16.6 Å². The van der Waals surface area contributed by atoms with Gasteiger partial charge in [-0.25, -0.2) is 0 Å². The Morgan fingerprint density at radius 3 is 2.95 bits per heavy atom. The molecule has 0 spiro atoms. The SMILES string of the molecule is O=C(O)CSc1nnc(C2CC2)n1Cc1sccc1Br. The van der Waals surface area contributed by atoms with E-state index < -0.39 is 5.97 Å². The topological polar surface area (TPSA) is 68.0 Å². The van der Waals surface area contributed by atoms with Gasteiger partial charge in [0, 0.05) is 15.3 Å². The lowest BCUT2D eigenvalue weighted by atomic mass is 10.4. The summed E-state index contributed by atoms with van der Waals surface area (Å²) in [4.78, 5) is 11.9. The van der Waals surface area contributed by atoms with E-state index >= 15 is 0 Å². The van der Waals surface area contributed by atoms with Crippen molar-refractivity contribution in [2.24, 2.45) is 0 Å². The van der Waals surface area contributed by atoms with Crippen LogP contribution in [0.4, 0.5) is 0 Å². The van der Waals surface area contributed by atoms with Crippen LogP contribution >= 0.6 is 39.0 Å². The standard InChI is InChI=1S/C12H12BrN3O2S2/c13-8-3-4-19-9(8)5-16-11(7-1-2-7)14-15-12(16)20-6-10(17)18/h3-4,7H,1-2,5-6H2,(H,17,18). The van der Waals surface area contributed by atoms with Gasteiger partial charge in [-0.2, -0.15) is 0 Å². The number of thiophene rings is 1. The van der Waals surface area contributed by atoms with Crippen LogP contribution in [0, 0.1) is 0 Å². The van der Waals surface area contributed by atoms with E-state index in [0.29, 0.717) is 17.6 Å². The van der Waals surface area contributed by atoms with Crippen molar-refractivity contribution in [2.75, 3.05) is 5.75 Å². The molecule has 2 heterocycles. The van der Waals surface area contributed by atoms with Crippen molar-refractivity contribution in [2.45, 2.75) is 30.5 Å².